The summed E-state index contributed by atoms with van der Waals surface area (Å²) in [4.78, 5) is 4.94. The number of ether oxygens (including phenoxy) is 2. The molecule has 0 amide bonds. The summed E-state index contributed by atoms with van der Waals surface area (Å²) in [6, 6.07) is 0.612. The van der Waals surface area contributed by atoms with Crippen LogP contribution in [0.1, 0.15) is 20.8 Å². The number of hydrogen-bond acceptors (Lipinski definition) is 5. The van der Waals surface area contributed by atoms with Gasteiger partial charge in [-0.2, -0.15) is 0 Å². The van der Waals surface area contributed by atoms with Crippen LogP contribution in [0.25, 0.3) is 0 Å². The van der Waals surface area contributed by atoms with Crippen LogP contribution in [0.3, 0.4) is 0 Å². The minimum atomic E-state index is 0.317. The molecule has 0 aromatic rings. The molecule has 2 fully saturated rings. The number of nitrogens with one attached hydrogen (secondary N) is 1. The number of rotatable bonds is 6. The van der Waals surface area contributed by atoms with Crippen LogP contribution in [-0.2, 0) is 9.47 Å². The fourth-order valence-electron chi connectivity index (χ4n) is 2.93. The lowest BCUT2D eigenvalue weighted by molar-refractivity contribution is -0.0449. The van der Waals surface area contributed by atoms with E-state index in [1.807, 2.05) is 0 Å². The molecule has 2 saturated heterocycles. The van der Waals surface area contributed by atoms with Gasteiger partial charge in [0.1, 0.15) is 0 Å². The number of likely N-dealkylation sites (N-methyl/N-ethyl adjacent to an activating group) is 1. The third kappa shape index (κ3) is 4.97. The predicted octanol–water partition coefficient (Wildman–Crippen LogP) is 0.406. The van der Waals surface area contributed by atoms with Gasteiger partial charge in [-0.3, -0.25) is 9.80 Å². The van der Waals surface area contributed by atoms with Crippen LogP contribution in [0.5, 0.6) is 0 Å². The monoisotopic (exact) mass is 285 g/mol. The Balaban J connectivity index is 1.62. The van der Waals surface area contributed by atoms with Crippen LogP contribution >= 0.6 is 0 Å². The summed E-state index contributed by atoms with van der Waals surface area (Å²) in [5.74, 6) is 0. The first-order valence-electron chi connectivity index (χ1n) is 8.09. The zero-order valence-electron chi connectivity index (χ0n) is 13.3. The summed E-state index contributed by atoms with van der Waals surface area (Å²) in [6.07, 6.45) is 0.644. The van der Waals surface area contributed by atoms with Gasteiger partial charge in [-0.25, -0.2) is 0 Å². The highest BCUT2D eigenvalue weighted by Gasteiger charge is 2.23. The maximum Gasteiger partial charge on any atom is 0.0826 e. The van der Waals surface area contributed by atoms with E-state index >= 15 is 0 Å². The van der Waals surface area contributed by atoms with Crippen LogP contribution < -0.4 is 5.32 Å². The molecule has 0 bridgehead atoms. The lowest BCUT2D eigenvalue weighted by Gasteiger charge is -2.36. The van der Waals surface area contributed by atoms with Crippen molar-refractivity contribution in [3.05, 3.63) is 0 Å². The molecule has 5 heteroatoms. The van der Waals surface area contributed by atoms with Crippen molar-refractivity contribution in [1.29, 1.82) is 0 Å². The second-order valence-electron chi connectivity index (χ2n) is 6.13. The molecule has 2 atom stereocenters. The van der Waals surface area contributed by atoms with Crippen molar-refractivity contribution in [3.8, 4) is 0 Å². The van der Waals surface area contributed by atoms with E-state index in [9.17, 15) is 0 Å². The Morgan fingerprint density at radius 2 is 1.70 bits per heavy atom. The van der Waals surface area contributed by atoms with Gasteiger partial charge in [0.2, 0.25) is 0 Å². The second-order valence-corrected chi connectivity index (χ2v) is 6.13. The zero-order valence-corrected chi connectivity index (χ0v) is 13.3. The standard InChI is InChI=1S/C15H31N3O2/c1-4-17-5-7-19-14(11-17)9-16-10-15-12-18(13(2)3)6-8-20-15/h13-16H,4-12H2,1-3H3. The number of nitrogens with zero attached hydrogens (tertiary/aromatic N) is 2. The Kier molecular flexibility index (Phi) is 6.71. The third-order valence-electron chi connectivity index (χ3n) is 4.31. The first-order chi connectivity index (χ1) is 9.69. The molecular formula is C15H31N3O2. The molecule has 2 aliphatic heterocycles. The molecular weight excluding hydrogens is 254 g/mol. The molecule has 118 valence electrons. The highest BCUT2D eigenvalue weighted by Crippen LogP contribution is 2.08. The van der Waals surface area contributed by atoms with Crippen molar-refractivity contribution in [1.82, 2.24) is 15.1 Å². The second kappa shape index (κ2) is 8.29. The number of hydrogen-bond donors (Lipinski definition) is 1. The first-order valence-corrected chi connectivity index (χ1v) is 8.09. The van der Waals surface area contributed by atoms with Gasteiger partial charge in [0, 0.05) is 45.3 Å². The highest BCUT2D eigenvalue weighted by molar-refractivity contribution is 4.78. The Bertz CT molecular complexity index is 276. The Hall–Kier alpha value is -0.200. The van der Waals surface area contributed by atoms with Crippen molar-refractivity contribution in [3.63, 3.8) is 0 Å². The molecule has 0 aromatic heterocycles. The summed E-state index contributed by atoms with van der Waals surface area (Å²) in [7, 11) is 0. The van der Waals surface area contributed by atoms with Crippen LogP contribution in [0.4, 0.5) is 0 Å². The van der Waals surface area contributed by atoms with E-state index in [0.717, 1.165) is 59.0 Å². The average Bonchev–Trinajstić information content (AvgIpc) is 2.48. The quantitative estimate of drug-likeness (QED) is 0.765. The van der Waals surface area contributed by atoms with Crippen LogP contribution in [0, 0.1) is 0 Å². The summed E-state index contributed by atoms with van der Waals surface area (Å²) < 4.78 is 11.6. The van der Waals surface area contributed by atoms with Gasteiger partial charge < -0.3 is 14.8 Å². The van der Waals surface area contributed by atoms with Crippen molar-refractivity contribution in [2.24, 2.45) is 0 Å². The van der Waals surface area contributed by atoms with Crippen molar-refractivity contribution in [2.45, 2.75) is 39.0 Å². The molecule has 0 aromatic carbocycles. The van der Waals surface area contributed by atoms with Gasteiger partial charge in [-0.15, -0.1) is 0 Å². The molecule has 0 spiro atoms. The van der Waals surface area contributed by atoms with E-state index in [1.54, 1.807) is 0 Å². The van der Waals surface area contributed by atoms with Gasteiger partial charge in [0.25, 0.3) is 0 Å². The topological polar surface area (TPSA) is 37.0 Å². The molecule has 1 N–H and O–H groups in total. The molecule has 0 aliphatic carbocycles. The average molecular weight is 285 g/mol. The highest BCUT2D eigenvalue weighted by atomic mass is 16.5. The summed E-state index contributed by atoms with van der Waals surface area (Å²) in [5, 5.41) is 3.53. The molecule has 0 radical (unpaired) electrons. The minimum Gasteiger partial charge on any atom is -0.374 e. The predicted molar refractivity (Wildman–Crippen MR) is 81.2 cm³/mol. The van der Waals surface area contributed by atoms with E-state index in [-0.39, 0.29) is 0 Å². The summed E-state index contributed by atoms with van der Waals surface area (Å²) >= 11 is 0. The van der Waals surface area contributed by atoms with Crippen LogP contribution in [0.15, 0.2) is 0 Å². The molecule has 0 saturated carbocycles. The Labute approximate surface area is 123 Å². The Morgan fingerprint density at radius 3 is 2.35 bits per heavy atom. The van der Waals surface area contributed by atoms with Crippen LogP contribution in [-0.4, -0.2) is 87.1 Å². The van der Waals surface area contributed by atoms with Gasteiger partial charge in [-0.05, 0) is 20.4 Å². The smallest absolute Gasteiger partial charge is 0.0826 e. The van der Waals surface area contributed by atoms with Gasteiger partial charge in [-0.1, -0.05) is 6.92 Å². The van der Waals surface area contributed by atoms with Gasteiger partial charge in [0.05, 0.1) is 25.4 Å². The van der Waals surface area contributed by atoms with Crippen molar-refractivity contribution in [2.75, 3.05) is 59.0 Å². The first kappa shape index (κ1) is 16.2. The summed E-state index contributed by atoms with van der Waals surface area (Å²) in [6.45, 7) is 15.6. The van der Waals surface area contributed by atoms with Crippen molar-refractivity contribution < 1.29 is 9.47 Å². The van der Waals surface area contributed by atoms with E-state index in [2.05, 4.69) is 35.9 Å². The van der Waals surface area contributed by atoms with E-state index in [4.69, 9.17) is 9.47 Å². The maximum atomic E-state index is 5.83. The fraction of sp³-hybridized carbons (Fsp3) is 1.00. The van der Waals surface area contributed by atoms with Gasteiger partial charge >= 0.3 is 0 Å². The van der Waals surface area contributed by atoms with E-state index in [0.29, 0.717) is 18.2 Å². The zero-order chi connectivity index (χ0) is 14.4. The maximum absolute atomic E-state index is 5.83. The van der Waals surface area contributed by atoms with Gasteiger partial charge in [0.15, 0.2) is 0 Å². The fourth-order valence-corrected chi connectivity index (χ4v) is 2.93. The molecule has 5 nitrogen and oxygen atoms in total. The molecule has 20 heavy (non-hydrogen) atoms. The van der Waals surface area contributed by atoms with Crippen molar-refractivity contribution >= 4 is 0 Å². The molecule has 2 rings (SSSR count). The third-order valence-corrected chi connectivity index (χ3v) is 4.31. The Morgan fingerprint density at radius 1 is 1.05 bits per heavy atom. The van der Waals surface area contributed by atoms with E-state index in [1.165, 1.54) is 0 Å². The lowest BCUT2D eigenvalue weighted by atomic mass is 10.2. The van der Waals surface area contributed by atoms with E-state index < -0.39 is 0 Å². The largest absolute Gasteiger partial charge is 0.374 e. The number of morpholine rings is 2. The lowest BCUT2D eigenvalue weighted by Crippen LogP contribution is -2.51. The summed E-state index contributed by atoms with van der Waals surface area (Å²) in [5.41, 5.74) is 0. The molecule has 2 heterocycles. The minimum absolute atomic E-state index is 0.317. The molecule has 2 unspecified atom stereocenters. The van der Waals surface area contributed by atoms with Crippen LogP contribution in [0.2, 0.25) is 0 Å². The normalized spacial score (nSPS) is 30.0. The SMILES string of the molecule is CCN1CCOC(CNCC2CN(C(C)C)CCO2)C1. The molecule has 2 aliphatic rings.